The number of halogens is 1. The number of anilines is 1. The van der Waals surface area contributed by atoms with E-state index < -0.39 is 0 Å². The van der Waals surface area contributed by atoms with Crippen LogP contribution in [0.3, 0.4) is 0 Å². The topological polar surface area (TPSA) is 38.5 Å². The van der Waals surface area contributed by atoms with Crippen LogP contribution in [0.5, 0.6) is 0 Å². The number of benzene rings is 1. The van der Waals surface area contributed by atoms with Gasteiger partial charge < -0.3 is 15.4 Å². The molecule has 4 heteroatoms. The lowest BCUT2D eigenvalue weighted by atomic mass is 10.1. The summed E-state index contributed by atoms with van der Waals surface area (Å²) >= 11 is 3.67. The van der Waals surface area contributed by atoms with E-state index in [1.54, 1.807) is 7.11 Å². The highest BCUT2D eigenvalue weighted by atomic mass is 79.9. The van der Waals surface area contributed by atoms with Crippen LogP contribution in [-0.4, -0.2) is 32.3 Å². The third-order valence-corrected chi connectivity index (χ3v) is 4.31. The van der Waals surface area contributed by atoms with Crippen molar-refractivity contribution in [1.82, 2.24) is 0 Å². The van der Waals surface area contributed by atoms with Crippen LogP contribution in [0, 0.1) is 0 Å². The van der Waals surface area contributed by atoms with Gasteiger partial charge in [-0.3, -0.25) is 0 Å². The van der Waals surface area contributed by atoms with Gasteiger partial charge in [-0.2, -0.15) is 0 Å². The molecule has 2 unspecified atom stereocenters. The maximum Gasteiger partial charge on any atom is 0.0637 e. The molecule has 114 valence electrons. The Hall–Kier alpha value is -0.580. The number of ether oxygens (including phenoxy) is 1. The molecule has 0 aliphatic heterocycles. The Labute approximate surface area is 131 Å². The Bertz CT molecular complexity index is 409. The number of nitrogens with zero attached hydrogens (tertiary/aromatic N) is 1. The summed E-state index contributed by atoms with van der Waals surface area (Å²) in [6.45, 7) is 8.14. The Morgan fingerprint density at radius 2 is 2.05 bits per heavy atom. The first-order chi connectivity index (χ1) is 9.49. The minimum atomic E-state index is 0.177. The summed E-state index contributed by atoms with van der Waals surface area (Å²) in [5, 5.41) is 0. The van der Waals surface area contributed by atoms with Gasteiger partial charge >= 0.3 is 0 Å². The summed E-state index contributed by atoms with van der Waals surface area (Å²) in [5.41, 5.74) is 8.38. The number of hydrogen-bond donors (Lipinski definition) is 1. The molecule has 1 rings (SSSR count). The van der Waals surface area contributed by atoms with Gasteiger partial charge in [-0.25, -0.2) is 0 Å². The van der Waals surface area contributed by atoms with Gasteiger partial charge in [-0.15, -0.1) is 0 Å². The average molecular weight is 343 g/mol. The van der Waals surface area contributed by atoms with Crippen molar-refractivity contribution in [2.45, 2.75) is 45.7 Å². The van der Waals surface area contributed by atoms with E-state index in [4.69, 9.17) is 10.5 Å². The number of hydrogen-bond acceptors (Lipinski definition) is 3. The molecule has 2 atom stereocenters. The second-order valence-electron chi connectivity index (χ2n) is 5.40. The summed E-state index contributed by atoms with van der Waals surface area (Å²) in [6.07, 6.45) is 2.01. The quantitative estimate of drug-likeness (QED) is 0.784. The second kappa shape index (κ2) is 8.65. The third-order valence-electron chi connectivity index (χ3n) is 3.57. The summed E-state index contributed by atoms with van der Waals surface area (Å²) in [6, 6.07) is 7.22. The van der Waals surface area contributed by atoms with Crippen LogP contribution in [0.4, 0.5) is 5.69 Å². The van der Waals surface area contributed by atoms with Gasteiger partial charge in [0.05, 0.1) is 6.61 Å². The molecule has 0 aliphatic carbocycles. The van der Waals surface area contributed by atoms with Crippen molar-refractivity contribution in [3.63, 3.8) is 0 Å². The molecule has 0 fully saturated rings. The van der Waals surface area contributed by atoms with Crippen molar-refractivity contribution in [2.75, 3.05) is 25.2 Å². The first kappa shape index (κ1) is 17.5. The van der Waals surface area contributed by atoms with Crippen LogP contribution in [-0.2, 0) is 11.2 Å². The van der Waals surface area contributed by atoms with Crippen molar-refractivity contribution in [3.8, 4) is 0 Å². The largest absolute Gasteiger partial charge is 0.383 e. The van der Waals surface area contributed by atoms with E-state index in [1.807, 2.05) is 6.92 Å². The lowest BCUT2D eigenvalue weighted by Gasteiger charge is -2.31. The van der Waals surface area contributed by atoms with E-state index in [-0.39, 0.29) is 6.04 Å². The number of methoxy groups -OCH3 is 1. The van der Waals surface area contributed by atoms with Crippen LogP contribution >= 0.6 is 15.9 Å². The van der Waals surface area contributed by atoms with E-state index in [0.717, 1.165) is 30.5 Å². The zero-order valence-corrected chi connectivity index (χ0v) is 14.6. The zero-order chi connectivity index (χ0) is 15.1. The van der Waals surface area contributed by atoms with E-state index in [0.29, 0.717) is 6.04 Å². The molecule has 3 nitrogen and oxygen atoms in total. The third kappa shape index (κ3) is 5.08. The van der Waals surface area contributed by atoms with E-state index in [1.165, 1.54) is 11.3 Å². The van der Waals surface area contributed by atoms with Crippen molar-refractivity contribution in [2.24, 2.45) is 5.73 Å². The molecule has 0 radical (unpaired) electrons. The Morgan fingerprint density at radius 1 is 1.35 bits per heavy atom. The molecule has 0 aliphatic rings. The summed E-state index contributed by atoms with van der Waals surface area (Å²) in [7, 11) is 1.75. The lowest BCUT2D eigenvalue weighted by molar-refractivity contribution is 0.203. The first-order valence-corrected chi connectivity index (χ1v) is 8.08. The molecule has 20 heavy (non-hydrogen) atoms. The van der Waals surface area contributed by atoms with E-state index in [9.17, 15) is 0 Å². The molecule has 0 heterocycles. The fraction of sp³-hybridized carbons (Fsp3) is 0.625. The molecule has 1 aromatic carbocycles. The Kier molecular flexibility index (Phi) is 7.56. The number of rotatable bonds is 8. The van der Waals surface area contributed by atoms with Gasteiger partial charge in [0, 0.05) is 35.9 Å². The Balaban J connectivity index is 2.93. The predicted molar refractivity (Wildman–Crippen MR) is 90.5 cm³/mol. The lowest BCUT2D eigenvalue weighted by Crippen LogP contribution is -2.35. The minimum absolute atomic E-state index is 0.177. The SMILES string of the molecule is CCC(C)N(CCOC)c1ccc(CC(C)N)c(Br)c1. The highest BCUT2D eigenvalue weighted by Crippen LogP contribution is 2.26. The molecule has 0 spiro atoms. The average Bonchev–Trinajstić information content (AvgIpc) is 2.41. The van der Waals surface area contributed by atoms with Crippen molar-refractivity contribution >= 4 is 21.6 Å². The molecule has 0 aromatic heterocycles. The van der Waals surface area contributed by atoms with Crippen LogP contribution in [0.25, 0.3) is 0 Å². The van der Waals surface area contributed by atoms with Gasteiger partial charge in [-0.05, 0) is 44.4 Å². The maximum absolute atomic E-state index is 5.88. The smallest absolute Gasteiger partial charge is 0.0637 e. The fourth-order valence-corrected chi connectivity index (χ4v) is 2.77. The van der Waals surface area contributed by atoms with Crippen LogP contribution in [0.15, 0.2) is 22.7 Å². The molecule has 0 bridgehead atoms. The maximum atomic E-state index is 5.88. The summed E-state index contributed by atoms with van der Waals surface area (Å²) < 4.78 is 6.36. The van der Waals surface area contributed by atoms with Gasteiger partial charge in [0.2, 0.25) is 0 Å². The molecule has 1 aromatic rings. The molecule has 0 saturated heterocycles. The van der Waals surface area contributed by atoms with E-state index >= 15 is 0 Å². The van der Waals surface area contributed by atoms with Crippen molar-refractivity contribution in [1.29, 1.82) is 0 Å². The van der Waals surface area contributed by atoms with Crippen LogP contribution < -0.4 is 10.6 Å². The Morgan fingerprint density at radius 3 is 2.55 bits per heavy atom. The predicted octanol–water partition coefficient (Wildman–Crippen LogP) is 3.59. The molecule has 0 amide bonds. The molecule has 0 saturated carbocycles. The molecule has 2 N–H and O–H groups in total. The summed E-state index contributed by atoms with van der Waals surface area (Å²) in [4.78, 5) is 2.39. The van der Waals surface area contributed by atoms with E-state index in [2.05, 4.69) is 52.9 Å². The van der Waals surface area contributed by atoms with Crippen LogP contribution in [0.1, 0.15) is 32.8 Å². The fourth-order valence-electron chi connectivity index (χ4n) is 2.24. The molecular formula is C16H27BrN2O. The van der Waals surface area contributed by atoms with Crippen molar-refractivity contribution < 1.29 is 4.74 Å². The zero-order valence-electron chi connectivity index (χ0n) is 13.0. The highest BCUT2D eigenvalue weighted by Gasteiger charge is 2.14. The first-order valence-electron chi connectivity index (χ1n) is 7.29. The minimum Gasteiger partial charge on any atom is -0.383 e. The second-order valence-corrected chi connectivity index (χ2v) is 6.25. The monoisotopic (exact) mass is 342 g/mol. The van der Waals surface area contributed by atoms with Crippen molar-refractivity contribution in [3.05, 3.63) is 28.2 Å². The normalized spacial score (nSPS) is 14.1. The van der Waals surface area contributed by atoms with Gasteiger partial charge in [0.25, 0.3) is 0 Å². The van der Waals surface area contributed by atoms with Crippen LogP contribution in [0.2, 0.25) is 0 Å². The highest BCUT2D eigenvalue weighted by molar-refractivity contribution is 9.10. The number of nitrogens with two attached hydrogens (primary N) is 1. The summed E-state index contributed by atoms with van der Waals surface area (Å²) in [5.74, 6) is 0. The van der Waals surface area contributed by atoms with Gasteiger partial charge in [0.15, 0.2) is 0 Å². The van der Waals surface area contributed by atoms with Gasteiger partial charge in [-0.1, -0.05) is 28.9 Å². The molecular weight excluding hydrogens is 316 g/mol. The van der Waals surface area contributed by atoms with Gasteiger partial charge in [0.1, 0.15) is 0 Å². The standard InChI is InChI=1S/C16H27BrN2O/c1-5-13(3)19(8-9-20-4)15-7-6-14(10-12(2)18)16(17)11-15/h6-7,11-13H,5,8-10,18H2,1-4H3.